The molecule has 0 spiro atoms. The lowest BCUT2D eigenvalue weighted by atomic mass is 10.2. The maximum absolute atomic E-state index is 11.6. The zero-order valence-electron chi connectivity index (χ0n) is 8.06. The quantitative estimate of drug-likeness (QED) is 0.568. The molecule has 5 nitrogen and oxygen atoms in total. The van der Waals surface area contributed by atoms with Gasteiger partial charge in [-0.15, -0.1) is 4.99 Å². The third-order valence-electron chi connectivity index (χ3n) is 2.11. The van der Waals surface area contributed by atoms with Crippen LogP contribution in [0.25, 0.3) is 10.9 Å². The molecule has 1 aromatic carbocycles. The molecule has 2 rings (SSSR count). The lowest BCUT2D eigenvalue weighted by Gasteiger charge is -1.99. The summed E-state index contributed by atoms with van der Waals surface area (Å²) in [6, 6.07) is 7.88. The van der Waals surface area contributed by atoms with Crippen molar-refractivity contribution >= 4 is 22.9 Å². The van der Waals surface area contributed by atoms with Crippen LogP contribution in [0.15, 0.2) is 40.1 Å². The highest BCUT2D eigenvalue weighted by Crippen LogP contribution is 2.07. The van der Waals surface area contributed by atoms with E-state index in [-0.39, 0.29) is 11.1 Å². The number of carbonyl (C=O) groups is 1. The van der Waals surface area contributed by atoms with Gasteiger partial charge in [0.25, 0.3) is 0 Å². The van der Waals surface area contributed by atoms with Gasteiger partial charge in [-0.05, 0) is 12.1 Å². The highest BCUT2D eigenvalue weighted by molar-refractivity contribution is 5.97. The third-order valence-corrected chi connectivity index (χ3v) is 2.11. The van der Waals surface area contributed by atoms with Gasteiger partial charge in [0.15, 0.2) is 5.43 Å². The first-order valence-electron chi connectivity index (χ1n) is 4.46. The van der Waals surface area contributed by atoms with Gasteiger partial charge < -0.3 is 4.98 Å². The molecule has 0 aliphatic heterocycles. The van der Waals surface area contributed by atoms with Crippen molar-refractivity contribution in [3.05, 3.63) is 46.2 Å². The van der Waals surface area contributed by atoms with Gasteiger partial charge in [-0.2, -0.15) is 0 Å². The van der Waals surface area contributed by atoms with Crippen LogP contribution in [-0.2, 0) is 4.79 Å². The topological polar surface area (TPSA) is 79.4 Å². The summed E-state index contributed by atoms with van der Waals surface area (Å²) in [6.07, 6.45) is 1.14. The number of aromatic amines is 1. The highest BCUT2D eigenvalue weighted by Gasteiger charge is 2.07. The van der Waals surface area contributed by atoms with Gasteiger partial charge >= 0.3 is 5.91 Å². The summed E-state index contributed by atoms with van der Waals surface area (Å²) in [7, 11) is 0. The molecule has 0 aliphatic carbocycles. The van der Waals surface area contributed by atoms with E-state index in [0.29, 0.717) is 10.9 Å². The zero-order valence-corrected chi connectivity index (χ0v) is 8.06. The van der Waals surface area contributed by atoms with Gasteiger partial charge in [-0.3, -0.25) is 9.59 Å². The number of carbonyl (C=O) groups excluding carboxylic acids is 2. The molecule has 2 aromatic rings. The molecule has 0 fully saturated rings. The number of aliphatic imine (C=N–C) groups is 1. The number of fused-ring (bicyclic) bond motifs is 1. The lowest BCUT2D eigenvalue weighted by Crippen LogP contribution is -2.08. The van der Waals surface area contributed by atoms with E-state index in [1.807, 2.05) is 0 Å². The van der Waals surface area contributed by atoms with Gasteiger partial charge in [-0.1, -0.05) is 12.1 Å². The van der Waals surface area contributed by atoms with Crippen LogP contribution in [0.1, 0.15) is 10.5 Å². The Labute approximate surface area is 89.4 Å². The number of hydrogen-bond acceptors (Lipinski definition) is 3. The fourth-order valence-corrected chi connectivity index (χ4v) is 1.41. The molecule has 0 bridgehead atoms. The normalized spacial score (nSPS) is 9.75. The molecule has 0 saturated carbocycles. The number of aromatic nitrogens is 1. The van der Waals surface area contributed by atoms with E-state index in [1.165, 1.54) is 0 Å². The van der Waals surface area contributed by atoms with Crippen LogP contribution in [0.3, 0.4) is 0 Å². The molecule has 1 N–H and O–H groups in total. The molecule has 78 valence electrons. The van der Waals surface area contributed by atoms with Crippen molar-refractivity contribution in [1.82, 2.24) is 4.98 Å². The van der Waals surface area contributed by atoms with Crippen molar-refractivity contribution in [2.24, 2.45) is 4.99 Å². The average molecular weight is 214 g/mol. The van der Waals surface area contributed by atoms with E-state index in [4.69, 9.17) is 0 Å². The van der Waals surface area contributed by atoms with Gasteiger partial charge in [0.1, 0.15) is 5.69 Å². The summed E-state index contributed by atoms with van der Waals surface area (Å²) in [5.74, 6) is -0.808. The predicted octanol–water partition coefficient (Wildman–Crippen LogP) is 1.00. The summed E-state index contributed by atoms with van der Waals surface area (Å²) < 4.78 is 0. The molecule has 0 aliphatic rings. The maximum atomic E-state index is 11.6. The van der Waals surface area contributed by atoms with Gasteiger partial charge in [0.05, 0.1) is 0 Å². The van der Waals surface area contributed by atoms with Gasteiger partial charge in [0.2, 0.25) is 6.08 Å². The van der Waals surface area contributed by atoms with E-state index < -0.39 is 5.91 Å². The monoisotopic (exact) mass is 214 g/mol. The molecule has 1 heterocycles. The zero-order chi connectivity index (χ0) is 11.5. The highest BCUT2D eigenvalue weighted by atomic mass is 16.2. The van der Waals surface area contributed by atoms with E-state index >= 15 is 0 Å². The number of hydrogen-bond donors (Lipinski definition) is 1. The van der Waals surface area contributed by atoms with Crippen LogP contribution >= 0.6 is 0 Å². The van der Waals surface area contributed by atoms with E-state index in [2.05, 4.69) is 9.98 Å². The first-order chi connectivity index (χ1) is 7.72. The SMILES string of the molecule is O=C=NC(=O)c1cc(=O)c2ccccc2[nH]1. The molecule has 0 unspecified atom stereocenters. The summed E-state index contributed by atoms with van der Waals surface area (Å²) >= 11 is 0. The number of amides is 1. The largest absolute Gasteiger partial charge is 0.350 e. The smallest absolute Gasteiger partial charge is 0.304 e. The Morgan fingerprint density at radius 2 is 2.06 bits per heavy atom. The molecular weight excluding hydrogens is 208 g/mol. The molecule has 0 saturated heterocycles. The lowest BCUT2D eigenvalue weighted by molar-refractivity contribution is 0.0998. The van der Waals surface area contributed by atoms with Gasteiger partial charge in [-0.25, -0.2) is 4.79 Å². The van der Waals surface area contributed by atoms with E-state index in [1.54, 1.807) is 24.3 Å². The van der Waals surface area contributed by atoms with Crippen molar-refractivity contribution in [3.63, 3.8) is 0 Å². The molecule has 5 heteroatoms. The Bertz CT molecular complexity index is 666. The van der Waals surface area contributed by atoms with Crippen LogP contribution < -0.4 is 5.43 Å². The molecule has 1 amide bonds. The van der Waals surface area contributed by atoms with Crippen molar-refractivity contribution in [1.29, 1.82) is 0 Å². The summed E-state index contributed by atoms with van der Waals surface area (Å²) in [5, 5.41) is 0.481. The summed E-state index contributed by atoms with van der Waals surface area (Å²) in [4.78, 5) is 38.4. The molecule has 0 atom stereocenters. The van der Waals surface area contributed by atoms with Crippen LogP contribution in [0.4, 0.5) is 0 Å². The van der Waals surface area contributed by atoms with Gasteiger partial charge in [0, 0.05) is 17.0 Å². The number of para-hydroxylation sites is 1. The Morgan fingerprint density at radius 3 is 2.81 bits per heavy atom. The Morgan fingerprint density at radius 1 is 1.31 bits per heavy atom. The minimum Gasteiger partial charge on any atom is -0.350 e. The first-order valence-corrected chi connectivity index (χ1v) is 4.46. The fraction of sp³-hybridized carbons (Fsp3) is 0. The maximum Gasteiger partial charge on any atom is 0.304 e. The van der Waals surface area contributed by atoms with Crippen LogP contribution in [0, 0.1) is 0 Å². The van der Waals surface area contributed by atoms with Crippen molar-refractivity contribution < 1.29 is 9.59 Å². The molecule has 16 heavy (non-hydrogen) atoms. The average Bonchev–Trinajstić information content (AvgIpc) is 2.29. The van der Waals surface area contributed by atoms with Crippen LogP contribution in [-0.4, -0.2) is 17.0 Å². The minimum atomic E-state index is -0.808. The summed E-state index contributed by atoms with van der Waals surface area (Å²) in [6.45, 7) is 0. The van der Waals surface area contributed by atoms with Crippen LogP contribution in [0.5, 0.6) is 0 Å². The molecular formula is C11H6N2O3. The van der Waals surface area contributed by atoms with Crippen LogP contribution in [0.2, 0.25) is 0 Å². The second kappa shape index (κ2) is 3.92. The number of benzene rings is 1. The number of isocyanates is 1. The standard InChI is InChI=1S/C11H6N2O3/c14-6-12-11(16)9-5-10(15)7-3-1-2-4-8(7)13-9/h1-5H,(H,13,15). The fourth-order valence-electron chi connectivity index (χ4n) is 1.41. The van der Waals surface area contributed by atoms with E-state index in [0.717, 1.165) is 12.1 Å². The summed E-state index contributed by atoms with van der Waals surface area (Å²) in [5.41, 5.74) is 0.213. The molecule has 1 aromatic heterocycles. The first kappa shape index (κ1) is 10.0. The number of pyridine rings is 1. The van der Waals surface area contributed by atoms with Crippen molar-refractivity contribution in [2.45, 2.75) is 0 Å². The van der Waals surface area contributed by atoms with Crippen molar-refractivity contribution in [3.8, 4) is 0 Å². The Hall–Kier alpha value is -2.52. The number of rotatable bonds is 1. The Kier molecular flexibility index (Phi) is 2.45. The predicted molar refractivity (Wildman–Crippen MR) is 57.0 cm³/mol. The number of nitrogens with one attached hydrogen (secondary N) is 1. The minimum absolute atomic E-state index is 0.0212. The van der Waals surface area contributed by atoms with E-state index in [9.17, 15) is 14.4 Å². The number of H-pyrrole nitrogens is 1. The third kappa shape index (κ3) is 1.67. The van der Waals surface area contributed by atoms with Crippen molar-refractivity contribution in [2.75, 3.05) is 0 Å². The number of nitrogens with zero attached hydrogens (tertiary/aromatic N) is 1. The molecule has 0 radical (unpaired) electrons. The second-order valence-electron chi connectivity index (χ2n) is 3.10. The second-order valence-corrected chi connectivity index (χ2v) is 3.10. The Balaban J connectivity index is 2.71.